The summed E-state index contributed by atoms with van der Waals surface area (Å²) in [5.74, 6) is -1.89. The van der Waals surface area contributed by atoms with Crippen LogP contribution >= 0.6 is 0 Å². The summed E-state index contributed by atoms with van der Waals surface area (Å²) < 4.78 is 18.0. The van der Waals surface area contributed by atoms with Gasteiger partial charge in [0.25, 0.3) is 5.91 Å². The lowest BCUT2D eigenvalue weighted by molar-refractivity contribution is -0.142. The molecule has 0 saturated carbocycles. The number of ether oxygens (including phenoxy) is 1. The largest absolute Gasteiger partial charge is 0.467 e. The van der Waals surface area contributed by atoms with E-state index >= 15 is 0 Å². The predicted octanol–water partition coefficient (Wildman–Crippen LogP) is 2.06. The Bertz CT molecular complexity index is 499. The Labute approximate surface area is 111 Å². The quantitative estimate of drug-likeness (QED) is 0.655. The summed E-state index contributed by atoms with van der Waals surface area (Å²) in [5, 5.41) is 2.44. The lowest BCUT2D eigenvalue weighted by atomic mass is 10.1. The molecule has 102 valence electrons. The van der Waals surface area contributed by atoms with Gasteiger partial charge in [0.1, 0.15) is 11.9 Å². The summed E-state index contributed by atoms with van der Waals surface area (Å²) in [6.45, 7) is 5.40. The van der Waals surface area contributed by atoms with E-state index in [0.717, 1.165) is 0 Å². The van der Waals surface area contributed by atoms with Crippen molar-refractivity contribution in [2.75, 3.05) is 7.11 Å². The first-order chi connectivity index (χ1) is 8.95. The van der Waals surface area contributed by atoms with Crippen molar-refractivity contribution in [3.8, 4) is 0 Å². The summed E-state index contributed by atoms with van der Waals surface area (Å²) in [4.78, 5) is 23.4. The van der Waals surface area contributed by atoms with Crippen molar-refractivity contribution < 1.29 is 18.7 Å². The van der Waals surface area contributed by atoms with E-state index in [1.165, 1.54) is 25.3 Å². The Balaban J connectivity index is 2.85. The van der Waals surface area contributed by atoms with Gasteiger partial charge in [-0.1, -0.05) is 17.7 Å². The summed E-state index contributed by atoms with van der Waals surface area (Å²) in [5.41, 5.74) is 0.599. The van der Waals surface area contributed by atoms with Crippen LogP contribution < -0.4 is 5.32 Å². The molecule has 0 aliphatic heterocycles. The second-order valence-electron chi connectivity index (χ2n) is 4.19. The van der Waals surface area contributed by atoms with Crippen LogP contribution in [0.4, 0.5) is 4.39 Å². The minimum absolute atomic E-state index is 0.113. The molecule has 19 heavy (non-hydrogen) atoms. The maximum atomic E-state index is 13.4. The van der Waals surface area contributed by atoms with E-state index in [1.807, 2.05) is 0 Å². The SMILES string of the molecule is C=C(C)C[C@@H](NC(=O)c1ccccc1F)C(=O)OC. The van der Waals surface area contributed by atoms with E-state index in [-0.39, 0.29) is 12.0 Å². The molecule has 0 spiro atoms. The van der Waals surface area contributed by atoms with Crippen LogP contribution in [0.2, 0.25) is 0 Å². The Hall–Kier alpha value is -2.17. The van der Waals surface area contributed by atoms with Gasteiger partial charge in [-0.3, -0.25) is 4.79 Å². The van der Waals surface area contributed by atoms with E-state index in [0.29, 0.717) is 5.57 Å². The second kappa shape index (κ2) is 6.68. The van der Waals surface area contributed by atoms with E-state index in [9.17, 15) is 14.0 Å². The van der Waals surface area contributed by atoms with Gasteiger partial charge in [-0.15, -0.1) is 6.58 Å². The number of carbonyl (C=O) groups is 2. The maximum absolute atomic E-state index is 13.4. The van der Waals surface area contributed by atoms with Gasteiger partial charge < -0.3 is 10.1 Å². The number of benzene rings is 1. The topological polar surface area (TPSA) is 55.4 Å². The molecule has 1 amide bonds. The standard InChI is InChI=1S/C14H16FNO3/c1-9(2)8-12(14(18)19-3)16-13(17)10-6-4-5-7-11(10)15/h4-7,12H,1,8H2,2-3H3,(H,16,17)/t12-/m1/s1. The molecule has 0 bridgehead atoms. The number of halogens is 1. The van der Waals surface area contributed by atoms with E-state index < -0.39 is 23.7 Å². The van der Waals surface area contributed by atoms with Crippen molar-refractivity contribution in [2.45, 2.75) is 19.4 Å². The maximum Gasteiger partial charge on any atom is 0.328 e. The van der Waals surface area contributed by atoms with Gasteiger partial charge in [-0.25, -0.2) is 9.18 Å². The average molecular weight is 265 g/mol. The van der Waals surface area contributed by atoms with Crippen LogP contribution in [0.3, 0.4) is 0 Å². The number of hydrogen-bond donors (Lipinski definition) is 1. The molecule has 0 aliphatic carbocycles. The predicted molar refractivity (Wildman–Crippen MR) is 69.1 cm³/mol. The molecule has 0 fully saturated rings. The van der Waals surface area contributed by atoms with Crippen molar-refractivity contribution in [2.24, 2.45) is 0 Å². The summed E-state index contributed by atoms with van der Waals surface area (Å²) in [6.07, 6.45) is 0.243. The van der Waals surface area contributed by atoms with E-state index in [4.69, 9.17) is 0 Å². The minimum Gasteiger partial charge on any atom is -0.467 e. The first-order valence-corrected chi connectivity index (χ1v) is 5.73. The van der Waals surface area contributed by atoms with Crippen LogP contribution in [-0.2, 0) is 9.53 Å². The molecule has 0 saturated heterocycles. The van der Waals surface area contributed by atoms with Gasteiger partial charge in [0.2, 0.25) is 0 Å². The van der Waals surface area contributed by atoms with E-state index in [1.54, 1.807) is 13.0 Å². The molecular formula is C14H16FNO3. The average Bonchev–Trinajstić information content (AvgIpc) is 2.36. The number of methoxy groups -OCH3 is 1. The molecule has 1 aromatic rings. The van der Waals surface area contributed by atoms with Crippen LogP contribution in [-0.4, -0.2) is 25.0 Å². The van der Waals surface area contributed by atoms with Crippen molar-refractivity contribution >= 4 is 11.9 Å². The molecule has 0 aromatic heterocycles. The van der Waals surface area contributed by atoms with Crippen molar-refractivity contribution in [3.63, 3.8) is 0 Å². The summed E-state index contributed by atoms with van der Waals surface area (Å²) in [6, 6.07) is 4.69. The lowest BCUT2D eigenvalue weighted by Crippen LogP contribution is -2.41. The number of hydrogen-bond acceptors (Lipinski definition) is 3. The van der Waals surface area contributed by atoms with Crippen molar-refractivity contribution in [1.29, 1.82) is 0 Å². The highest BCUT2D eigenvalue weighted by Gasteiger charge is 2.23. The molecule has 0 heterocycles. The smallest absolute Gasteiger partial charge is 0.328 e. The highest BCUT2D eigenvalue weighted by atomic mass is 19.1. The van der Waals surface area contributed by atoms with Gasteiger partial charge in [-0.05, 0) is 25.5 Å². The number of carbonyl (C=O) groups excluding carboxylic acids is 2. The Morgan fingerprint density at radius 3 is 2.58 bits per heavy atom. The second-order valence-corrected chi connectivity index (χ2v) is 4.19. The fourth-order valence-corrected chi connectivity index (χ4v) is 1.57. The van der Waals surface area contributed by atoms with Gasteiger partial charge in [0.05, 0.1) is 12.7 Å². The highest BCUT2D eigenvalue weighted by Crippen LogP contribution is 2.09. The van der Waals surface area contributed by atoms with E-state index in [2.05, 4.69) is 16.6 Å². The Morgan fingerprint density at radius 2 is 2.05 bits per heavy atom. The summed E-state index contributed by atoms with van der Waals surface area (Å²) >= 11 is 0. The molecule has 0 unspecified atom stereocenters. The molecule has 0 radical (unpaired) electrons. The zero-order valence-corrected chi connectivity index (χ0v) is 10.9. The minimum atomic E-state index is -0.866. The zero-order chi connectivity index (χ0) is 14.4. The number of nitrogens with one attached hydrogen (secondary N) is 1. The van der Waals surface area contributed by atoms with Gasteiger partial charge in [0, 0.05) is 0 Å². The lowest BCUT2D eigenvalue weighted by Gasteiger charge is -2.16. The van der Waals surface area contributed by atoms with Crippen LogP contribution in [0, 0.1) is 5.82 Å². The van der Waals surface area contributed by atoms with Gasteiger partial charge in [-0.2, -0.15) is 0 Å². The fourth-order valence-electron chi connectivity index (χ4n) is 1.57. The monoisotopic (exact) mass is 265 g/mol. The normalized spacial score (nSPS) is 11.5. The van der Waals surface area contributed by atoms with Crippen LogP contribution in [0.1, 0.15) is 23.7 Å². The Kier molecular flexibility index (Phi) is 5.23. The number of esters is 1. The van der Waals surface area contributed by atoms with Crippen LogP contribution in [0.25, 0.3) is 0 Å². The van der Waals surface area contributed by atoms with Crippen molar-refractivity contribution in [3.05, 3.63) is 47.8 Å². The van der Waals surface area contributed by atoms with Gasteiger partial charge >= 0.3 is 5.97 Å². The molecule has 1 N–H and O–H groups in total. The first kappa shape index (κ1) is 14.9. The number of rotatable bonds is 5. The van der Waals surface area contributed by atoms with Crippen LogP contribution in [0.15, 0.2) is 36.4 Å². The third kappa shape index (κ3) is 4.21. The molecule has 1 atom stereocenters. The molecule has 5 heteroatoms. The zero-order valence-electron chi connectivity index (χ0n) is 10.9. The van der Waals surface area contributed by atoms with Crippen LogP contribution in [0.5, 0.6) is 0 Å². The summed E-state index contributed by atoms with van der Waals surface area (Å²) in [7, 11) is 1.23. The van der Waals surface area contributed by atoms with Crippen molar-refractivity contribution in [1.82, 2.24) is 5.32 Å². The first-order valence-electron chi connectivity index (χ1n) is 5.73. The highest BCUT2D eigenvalue weighted by molar-refractivity contribution is 5.97. The molecular weight excluding hydrogens is 249 g/mol. The number of amides is 1. The molecule has 1 aromatic carbocycles. The van der Waals surface area contributed by atoms with Gasteiger partial charge in [0.15, 0.2) is 0 Å². The molecule has 4 nitrogen and oxygen atoms in total. The Morgan fingerprint density at radius 1 is 1.42 bits per heavy atom. The fraction of sp³-hybridized carbons (Fsp3) is 0.286. The molecule has 1 rings (SSSR count). The third-order valence-electron chi connectivity index (χ3n) is 2.46. The molecule has 0 aliphatic rings. The third-order valence-corrected chi connectivity index (χ3v) is 2.46.